The lowest BCUT2D eigenvalue weighted by atomic mass is 10.0. The van der Waals surface area contributed by atoms with Crippen LogP contribution < -0.4 is 9.47 Å². The van der Waals surface area contributed by atoms with Crippen molar-refractivity contribution in [3.8, 4) is 11.5 Å². The zero-order valence-corrected chi connectivity index (χ0v) is 18.0. The maximum Gasteiger partial charge on any atom is 0.231 e. The normalized spacial score (nSPS) is 14.0. The molecule has 2 aromatic rings. The number of ether oxygens (including phenoxy) is 3. The van der Waals surface area contributed by atoms with Crippen LogP contribution in [0.5, 0.6) is 11.5 Å². The second-order valence-electron chi connectivity index (χ2n) is 8.37. The van der Waals surface area contributed by atoms with E-state index >= 15 is 0 Å². The number of nitrogens with zero attached hydrogens (tertiary/aromatic N) is 1. The van der Waals surface area contributed by atoms with Gasteiger partial charge in [-0.05, 0) is 48.6 Å². The molecule has 2 aromatic carbocycles. The highest BCUT2D eigenvalue weighted by Crippen LogP contribution is 2.33. The zero-order chi connectivity index (χ0) is 20.8. The first-order valence-electron chi connectivity index (χ1n) is 10.3. The Hall–Kier alpha value is -2.08. The van der Waals surface area contributed by atoms with Gasteiger partial charge in [0.25, 0.3) is 0 Å². The van der Waals surface area contributed by atoms with E-state index < -0.39 is 6.10 Å². The first kappa shape index (κ1) is 21.6. The summed E-state index contributed by atoms with van der Waals surface area (Å²) in [5.41, 5.74) is 4.92. The van der Waals surface area contributed by atoms with Crippen molar-refractivity contribution in [3.05, 3.63) is 58.7 Å². The fraction of sp³-hybridized carbons (Fsp3) is 0.500. The van der Waals surface area contributed by atoms with Gasteiger partial charge in [0, 0.05) is 26.2 Å². The van der Waals surface area contributed by atoms with Crippen LogP contribution in [0.3, 0.4) is 0 Å². The van der Waals surface area contributed by atoms with Gasteiger partial charge < -0.3 is 19.3 Å². The zero-order valence-electron chi connectivity index (χ0n) is 18.0. The van der Waals surface area contributed by atoms with Gasteiger partial charge in [-0.2, -0.15) is 0 Å². The summed E-state index contributed by atoms with van der Waals surface area (Å²) in [4.78, 5) is 2.27. The van der Waals surface area contributed by atoms with Crippen molar-refractivity contribution in [1.82, 2.24) is 4.90 Å². The molecule has 3 rings (SSSR count). The van der Waals surface area contributed by atoms with E-state index in [4.69, 9.17) is 14.2 Å². The third-order valence-electron chi connectivity index (χ3n) is 4.97. The number of aliphatic hydroxyl groups is 1. The summed E-state index contributed by atoms with van der Waals surface area (Å²) >= 11 is 0. The molecular formula is C24H33NO4. The van der Waals surface area contributed by atoms with Crippen molar-refractivity contribution in [1.29, 1.82) is 0 Å². The van der Waals surface area contributed by atoms with E-state index in [1.807, 2.05) is 12.1 Å². The topological polar surface area (TPSA) is 51.2 Å². The van der Waals surface area contributed by atoms with Crippen molar-refractivity contribution < 1.29 is 19.3 Å². The van der Waals surface area contributed by atoms with Gasteiger partial charge in [-0.15, -0.1) is 0 Å². The number of fused-ring (bicyclic) bond motifs is 1. The van der Waals surface area contributed by atoms with E-state index in [2.05, 4.69) is 56.9 Å². The number of aliphatic hydroxyl groups excluding tert-OH is 1. The van der Waals surface area contributed by atoms with Crippen molar-refractivity contribution >= 4 is 0 Å². The van der Waals surface area contributed by atoms with Gasteiger partial charge in [-0.3, -0.25) is 4.90 Å². The summed E-state index contributed by atoms with van der Waals surface area (Å²) in [6, 6.07) is 12.6. The predicted molar refractivity (Wildman–Crippen MR) is 114 cm³/mol. The third-order valence-corrected chi connectivity index (χ3v) is 4.97. The molecule has 0 aliphatic carbocycles. The molecule has 0 saturated heterocycles. The molecule has 0 aromatic heterocycles. The summed E-state index contributed by atoms with van der Waals surface area (Å²) in [7, 11) is 0. The molecule has 5 heteroatoms. The van der Waals surface area contributed by atoms with Crippen LogP contribution in [0.25, 0.3) is 0 Å². The molecule has 1 N–H and O–H groups in total. The Morgan fingerprint density at radius 1 is 1.00 bits per heavy atom. The quantitative estimate of drug-likeness (QED) is 0.653. The smallest absolute Gasteiger partial charge is 0.231 e. The van der Waals surface area contributed by atoms with Gasteiger partial charge in [-0.1, -0.05) is 43.7 Å². The molecule has 1 aliphatic heterocycles. The fourth-order valence-corrected chi connectivity index (χ4v) is 3.48. The number of rotatable bonds is 10. The average Bonchev–Trinajstić information content (AvgIpc) is 3.12. The van der Waals surface area contributed by atoms with Crippen molar-refractivity contribution in [3.63, 3.8) is 0 Å². The largest absolute Gasteiger partial charge is 0.454 e. The summed E-state index contributed by atoms with van der Waals surface area (Å²) < 4.78 is 16.6. The molecule has 1 atom stereocenters. The average molecular weight is 400 g/mol. The lowest BCUT2D eigenvalue weighted by molar-refractivity contribution is 0.00551. The van der Waals surface area contributed by atoms with E-state index in [9.17, 15) is 5.11 Å². The van der Waals surface area contributed by atoms with E-state index in [1.54, 1.807) is 0 Å². The van der Waals surface area contributed by atoms with Gasteiger partial charge in [0.05, 0.1) is 12.7 Å². The third kappa shape index (κ3) is 6.46. The van der Waals surface area contributed by atoms with Crippen LogP contribution in [-0.2, 0) is 17.8 Å². The lowest BCUT2D eigenvalue weighted by Crippen LogP contribution is -2.34. The Labute approximate surface area is 174 Å². The lowest BCUT2D eigenvalue weighted by Gasteiger charge is -2.26. The first-order valence-corrected chi connectivity index (χ1v) is 10.3. The van der Waals surface area contributed by atoms with Crippen LogP contribution >= 0.6 is 0 Å². The Morgan fingerprint density at radius 2 is 1.79 bits per heavy atom. The van der Waals surface area contributed by atoms with E-state index in [0.717, 1.165) is 23.6 Å². The van der Waals surface area contributed by atoms with Crippen LogP contribution in [0.4, 0.5) is 0 Å². The van der Waals surface area contributed by atoms with Gasteiger partial charge >= 0.3 is 0 Å². The van der Waals surface area contributed by atoms with Gasteiger partial charge in [0.15, 0.2) is 11.5 Å². The second-order valence-corrected chi connectivity index (χ2v) is 8.37. The highest BCUT2D eigenvalue weighted by molar-refractivity contribution is 5.44. The van der Waals surface area contributed by atoms with Crippen molar-refractivity contribution in [2.45, 2.75) is 46.9 Å². The Bertz CT molecular complexity index is 805. The Kier molecular flexibility index (Phi) is 7.53. The SMILES string of the molecule is Cc1ccc(C)c(CN(Cc2ccc3c(c2)OCO3)C[C@@H](O)COCC(C)C)c1. The fourth-order valence-electron chi connectivity index (χ4n) is 3.48. The molecule has 0 saturated carbocycles. The maximum atomic E-state index is 10.6. The molecule has 29 heavy (non-hydrogen) atoms. The molecule has 0 bridgehead atoms. The monoisotopic (exact) mass is 399 g/mol. The molecule has 1 heterocycles. The summed E-state index contributed by atoms with van der Waals surface area (Å²) in [5, 5.41) is 10.6. The minimum atomic E-state index is -0.534. The molecular weight excluding hydrogens is 366 g/mol. The van der Waals surface area contributed by atoms with Crippen LogP contribution in [0.15, 0.2) is 36.4 Å². The van der Waals surface area contributed by atoms with Crippen molar-refractivity contribution in [2.24, 2.45) is 5.92 Å². The second kappa shape index (κ2) is 10.1. The standard InChI is InChI=1S/C24H33NO4/c1-17(2)14-27-15-22(26)13-25(12-21-9-18(3)5-6-19(21)4)11-20-7-8-23-24(10-20)29-16-28-23/h5-10,17,22,26H,11-16H2,1-4H3/t22-/m1/s1. The van der Waals surface area contributed by atoms with Crippen LogP contribution in [-0.4, -0.2) is 42.7 Å². The molecule has 0 amide bonds. The number of hydrogen-bond donors (Lipinski definition) is 1. The number of aryl methyl sites for hydroxylation is 2. The minimum absolute atomic E-state index is 0.275. The van der Waals surface area contributed by atoms with Crippen LogP contribution in [0.1, 0.15) is 36.1 Å². The molecule has 158 valence electrons. The predicted octanol–water partition coefficient (Wildman–Crippen LogP) is 4.07. The Morgan fingerprint density at radius 3 is 2.59 bits per heavy atom. The first-order chi connectivity index (χ1) is 13.9. The Balaban J connectivity index is 1.70. The summed E-state index contributed by atoms with van der Waals surface area (Å²) in [6.45, 7) is 11.8. The molecule has 1 aliphatic rings. The van der Waals surface area contributed by atoms with Crippen molar-refractivity contribution in [2.75, 3.05) is 26.6 Å². The number of benzene rings is 2. The molecule has 0 spiro atoms. The van der Waals surface area contributed by atoms with Gasteiger partial charge in [-0.25, -0.2) is 0 Å². The molecule has 5 nitrogen and oxygen atoms in total. The number of hydrogen-bond acceptors (Lipinski definition) is 5. The molecule has 0 unspecified atom stereocenters. The molecule has 0 radical (unpaired) electrons. The highest BCUT2D eigenvalue weighted by Gasteiger charge is 2.18. The van der Waals surface area contributed by atoms with Gasteiger partial charge in [0.1, 0.15) is 0 Å². The van der Waals surface area contributed by atoms with Crippen LogP contribution in [0.2, 0.25) is 0 Å². The minimum Gasteiger partial charge on any atom is -0.454 e. The maximum absolute atomic E-state index is 10.6. The van der Waals surface area contributed by atoms with E-state index in [0.29, 0.717) is 32.2 Å². The van der Waals surface area contributed by atoms with E-state index in [-0.39, 0.29) is 6.79 Å². The summed E-state index contributed by atoms with van der Waals surface area (Å²) in [6.07, 6.45) is -0.534. The van der Waals surface area contributed by atoms with Gasteiger partial charge in [0.2, 0.25) is 6.79 Å². The molecule has 0 fully saturated rings. The summed E-state index contributed by atoms with van der Waals surface area (Å²) in [5.74, 6) is 2.04. The van der Waals surface area contributed by atoms with Crippen LogP contribution in [0, 0.1) is 19.8 Å². The van der Waals surface area contributed by atoms with E-state index in [1.165, 1.54) is 16.7 Å². The highest BCUT2D eigenvalue weighted by atomic mass is 16.7.